The Hall–Kier alpha value is -3.30. The molecule has 0 N–H and O–H groups in total. The lowest BCUT2D eigenvalue weighted by molar-refractivity contribution is -0.147. The molecule has 0 spiro atoms. The van der Waals surface area contributed by atoms with E-state index in [0.29, 0.717) is 23.6 Å². The van der Waals surface area contributed by atoms with E-state index in [9.17, 15) is 27.2 Å². The molecular weight excluding hydrogens is 458 g/mol. The summed E-state index contributed by atoms with van der Waals surface area (Å²) in [5.74, 6) is -1.75. The smallest absolute Gasteiger partial charge is 0.419 e. The molecule has 0 unspecified atom stereocenters. The van der Waals surface area contributed by atoms with Gasteiger partial charge in [-0.2, -0.15) is 13.2 Å². The van der Waals surface area contributed by atoms with Gasteiger partial charge < -0.3 is 14.2 Å². The molecule has 1 aliphatic heterocycles. The minimum Gasteiger partial charge on any atom is -0.489 e. The van der Waals surface area contributed by atoms with E-state index in [1.807, 2.05) is 0 Å². The zero-order valence-electron chi connectivity index (χ0n) is 19.2. The third kappa shape index (κ3) is 5.60. The maximum atomic E-state index is 14.3. The molecule has 6 nitrogen and oxygen atoms in total. The molecule has 0 radical (unpaired) electrons. The number of esters is 1. The molecule has 1 atom stereocenters. The summed E-state index contributed by atoms with van der Waals surface area (Å²) in [4.78, 5) is 26.5. The van der Waals surface area contributed by atoms with Crippen molar-refractivity contribution in [2.75, 3.05) is 13.7 Å². The molecule has 2 aromatic carbocycles. The van der Waals surface area contributed by atoms with Crippen molar-refractivity contribution < 1.29 is 41.4 Å². The van der Waals surface area contributed by atoms with Gasteiger partial charge in [-0.15, -0.1) is 0 Å². The van der Waals surface area contributed by atoms with Crippen LogP contribution >= 0.6 is 0 Å². The number of halogens is 4. The van der Waals surface area contributed by atoms with Gasteiger partial charge in [0, 0.05) is 12.1 Å². The predicted molar refractivity (Wildman–Crippen MR) is 114 cm³/mol. The third-order valence-corrected chi connectivity index (χ3v) is 5.17. The Morgan fingerprint density at radius 1 is 1.12 bits per heavy atom. The van der Waals surface area contributed by atoms with Gasteiger partial charge in [-0.25, -0.2) is 14.0 Å². The van der Waals surface area contributed by atoms with Crippen molar-refractivity contribution in [2.24, 2.45) is 0 Å². The Balaban J connectivity index is 1.83. The molecule has 3 rings (SSSR count). The van der Waals surface area contributed by atoms with Gasteiger partial charge in [0.2, 0.25) is 0 Å². The number of hydrogen-bond donors (Lipinski definition) is 0. The molecular formula is C24H25F4NO5. The number of fused-ring (bicyclic) bond motifs is 1. The number of carbonyl (C=O) groups excluding carboxylic acids is 2. The number of rotatable bonds is 4. The summed E-state index contributed by atoms with van der Waals surface area (Å²) in [5, 5.41) is 0. The molecule has 184 valence electrons. The van der Waals surface area contributed by atoms with Crippen molar-refractivity contribution in [3.05, 3.63) is 64.5 Å². The van der Waals surface area contributed by atoms with Gasteiger partial charge in [-0.05, 0) is 56.5 Å². The van der Waals surface area contributed by atoms with Crippen molar-refractivity contribution in [1.29, 1.82) is 0 Å². The molecule has 10 heteroatoms. The molecule has 1 amide bonds. The first-order valence-corrected chi connectivity index (χ1v) is 10.5. The number of methoxy groups -OCH3 is 1. The fourth-order valence-electron chi connectivity index (χ4n) is 3.65. The quantitative estimate of drug-likeness (QED) is 0.429. The van der Waals surface area contributed by atoms with Crippen LogP contribution in [0.5, 0.6) is 5.75 Å². The molecule has 2 aromatic rings. The SMILES string of the molecule is COC(=O)[C@H]1c2ccc(OCc3cccc(C(F)(F)F)c3F)cc2CCN1C(=O)OC(C)(C)C. The summed E-state index contributed by atoms with van der Waals surface area (Å²) in [5.41, 5.74) is -1.15. The van der Waals surface area contributed by atoms with Crippen molar-refractivity contribution in [3.63, 3.8) is 0 Å². The molecule has 0 aliphatic carbocycles. The van der Waals surface area contributed by atoms with Crippen LogP contribution in [0.15, 0.2) is 36.4 Å². The molecule has 0 saturated carbocycles. The van der Waals surface area contributed by atoms with E-state index in [0.717, 1.165) is 6.07 Å². The molecule has 0 bridgehead atoms. The Kier molecular flexibility index (Phi) is 7.09. The third-order valence-electron chi connectivity index (χ3n) is 5.17. The maximum Gasteiger partial charge on any atom is 0.419 e. The normalized spacial score (nSPS) is 16.0. The highest BCUT2D eigenvalue weighted by molar-refractivity contribution is 5.84. The van der Waals surface area contributed by atoms with Gasteiger partial charge in [-0.3, -0.25) is 4.90 Å². The zero-order valence-corrected chi connectivity index (χ0v) is 19.2. The molecule has 1 heterocycles. The second-order valence-electron chi connectivity index (χ2n) is 8.78. The Morgan fingerprint density at radius 3 is 2.44 bits per heavy atom. The van der Waals surface area contributed by atoms with Gasteiger partial charge in [-0.1, -0.05) is 18.2 Å². The van der Waals surface area contributed by atoms with Gasteiger partial charge in [0.05, 0.1) is 12.7 Å². The van der Waals surface area contributed by atoms with E-state index >= 15 is 0 Å². The maximum absolute atomic E-state index is 14.3. The predicted octanol–water partition coefficient (Wildman–Crippen LogP) is 5.43. The van der Waals surface area contributed by atoms with E-state index in [4.69, 9.17) is 14.2 Å². The summed E-state index contributed by atoms with van der Waals surface area (Å²) in [6.07, 6.45) is -5.10. The van der Waals surface area contributed by atoms with Gasteiger partial charge in [0.25, 0.3) is 0 Å². The first-order valence-electron chi connectivity index (χ1n) is 10.5. The highest BCUT2D eigenvalue weighted by Gasteiger charge is 2.39. The summed E-state index contributed by atoms with van der Waals surface area (Å²) >= 11 is 0. The first-order chi connectivity index (χ1) is 15.8. The summed E-state index contributed by atoms with van der Waals surface area (Å²) in [6.45, 7) is 4.90. The molecule has 0 fully saturated rings. The number of alkyl halides is 3. The summed E-state index contributed by atoms with van der Waals surface area (Å²) < 4.78 is 68.9. The topological polar surface area (TPSA) is 65.1 Å². The minimum absolute atomic E-state index is 0.174. The van der Waals surface area contributed by atoms with E-state index in [-0.39, 0.29) is 17.9 Å². The van der Waals surface area contributed by atoms with Crippen LogP contribution in [0, 0.1) is 5.82 Å². The van der Waals surface area contributed by atoms with E-state index in [2.05, 4.69) is 0 Å². The fraction of sp³-hybridized carbons (Fsp3) is 0.417. The van der Waals surface area contributed by atoms with E-state index in [1.54, 1.807) is 32.9 Å². The highest BCUT2D eigenvalue weighted by atomic mass is 19.4. The number of nitrogens with zero attached hydrogens (tertiary/aromatic N) is 1. The highest BCUT2D eigenvalue weighted by Crippen LogP contribution is 2.35. The van der Waals surface area contributed by atoms with Crippen LogP contribution in [0.1, 0.15) is 49.1 Å². The van der Waals surface area contributed by atoms with Crippen molar-refractivity contribution >= 4 is 12.1 Å². The lowest BCUT2D eigenvalue weighted by atomic mass is 9.92. The molecule has 0 saturated heterocycles. The van der Waals surface area contributed by atoms with Crippen LogP contribution in [0.3, 0.4) is 0 Å². The van der Waals surface area contributed by atoms with Crippen LogP contribution in [-0.4, -0.2) is 36.2 Å². The summed E-state index contributed by atoms with van der Waals surface area (Å²) in [6, 6.07) is 6.66. The van der Waals surface area contributed by atoms with Gasteiger partial charge in [0.1, 0.15) is 23.8 Å². The standard InChI is InChI=1S/C24H25F4NO5/c1-23(2,3)34-22(31)29-11-10-14-12-16(8-9-17(14)20(29)21(30)32-4)33-13-15-6-5-7-18(19(15)25)24(26,27)28/h5-9,12,20H,10-11,13H2,1-4H3/t20-/m1/s1. The molecule has 34 heavy (non-hydrogen) atoms. The average molecular weight is 483 g/mol. The Bertz CT molecular complexity index is 1080. The molecule has 1 aliphatic rings. The van der Waals surface area contributed by atoms with Crippen molar-refractivity contribution in [1.82, 2.24) is 4.90 Å². The van der Waals surface area contributed by atoms with E-state index < -0.39 is 47.9 Å². The van der Waals surface area contributed by atoms with Crippen LogP contribution in [0.2, 0.25) is 0 Å². The van der Waals surface area contributed by atoms with Crippen LogP contribution < -0.4 is 4.74 Å². The fourth-order valence-corrected chi connectivity index (χ4v) is 3.65. The first kappa shape index (κ1) is 25.3. The summed E-state index contributed by atoms with van der Waals surface area (Å²) in [7, 11) is 1.21. The second kappa shape index (κ2) is 9.52. The van der Waals surface area contributed by atoms with Crippen LogP contribution in [0.25, 0.3) is 0 Å². The number of ether oxygens (including phenoxy) is 3. The largest absolute Gasteiger partial charge is 0.489 e. The van der Waals surface area contributed by atoms with Gasteiger partial charge in [0.15, 0.2) is 6.04 Å². The van der Waals surface area contributed by atoms with Gasteiger partial charge >= 0.3 is 18.2 Å². The van der Waals surface area contributed by atoms with Crippen LogP contribution in [-0.2, 0) is 33.5 Å². The lowest BCUT2D eigenvalue weighted by Crippen LogP contribution is -2.46. The lowest BCUT2D eigenvalue weighted by Gasteiger charge is -2.36. The van der Waals surface area contributed by atoms with E-state index in [1.165, 1.54) is 24.1 Å². The number of amides is 1. The molecule has 0 aromatic heterocycles. The number of benzene rings is 2. The second-order valence-corrected chi connectivity index (χ2v) is 8.78. The zero-order chi connectivity index (χ0) is 25.3. The van der Waals surface area contributed by atoms with Crippen LogP contribution in [0.4, 0.5) is 22.4 Å². The monoisotopic (exact) mass is 483 g/mol. The Morgan fingerprint density at radius 2 is 1.82 bits per heavy atom. The Labute approximate surface area is 194 Å². The minimum atomic E-state index is -4.81. The van der Waals surface area contributed by atoms with Crippen molar-refractivity contribution in [2.45, 2.75) is 51.6 Å². The number of hydrogen-bond acceptors (Lipinski definition) is 5. The average Bonchev–Trinajstić information content (AvgIpc) is 2.74. The van der Waals surface area contributed by atoms with Crippen molar-refractivity contribution in [3.8, 4) is 5.75 Å². The number of carbonyl (C=O) groups is 2.